The van der Waals surface area contributed by atoms with Crippen molar-refractivity contribution in [1.82, 2.24) is 9.21 Å². The van der Waals surface area contributed by atoms with Crippen LogP contribution in [0.15, 0.2) is 52.0 Å². The molecule has 4 rings (SSSR count). The molecule has 0 saturated carbocycles. The molecule has 0 spiro atoms. The summed E-state index contributed by atoms with van der Waals surface area (Å²) < 4.78 is 32.9. The van der Waals surface area contributed by atoms with Crippen LogP contribution in [0.1, 0.15) is 37.9 Å². The Morgan fingerprint density at radius 1 is 1.10 bits per heavy atom. The van der Waals surface area contributed by atoms with Crippen molar-refractivity contribution < 1.29 is 22.4 Å². The van der Waals surface area contributed by atoms with E-state index in [2.05, 4.69) is 5.32 Å². The number of hydrogen-bond acceptors (Lipinski definition) is 5. The highest BCUT2D eigenvalue weighted by atomic mass is 32.2. The maximum absolute atomic E-state index is 13.0. The van der Waals surface area contributed by atoms with Gasteiger partial charge in [0.2, 0.25) is 21.8 Å². The molecule has 2 fully saturated rings. The summed E-state index contributed by atoms with van der Waals surface area (Å²) in [5.41, 5.74) is 0.415. The van der Waals surface area contributed by atoms with Gasteiger partial charge in [-0.25, -0.2) is 8.42 Å². The Bertz CT molecular complexity index is 1030. The summed E-state index contributed by atoms with van der Waals surface area (Å²) in [6.07, 6.45) is 5.48. The fourth-order valence-electron chi connectivity index (χ4n) is 4.10. The number of carbonyl (C=O) groups excluding carboxylic acids is 2. The van der Waals surface area contributed by atoms with Crippen molar-refractivity contribution in [3.8, 4) is 0 Å². The van der Waals surface area contributed by atoms with Gasteiger partial charge in [0.1, 0.15) is 5.76 Å². The number of amides is 2. The number of sulfonamides is 1. The maximum atomic E-state index is 13.0. The van der Waals surface area contributed by atoms with E-state index in [0.29, 0.717) is 37.6 Å². The van der Waals surface area contributed by atoms with Crippen molar-refractivity contribution in [3.63, 3.8) is 0 Å². The molecule has 0 aliphatic carbocycles. The molecule has 2 aromatic rings. The van der Waals surface area contributed by atoms with Crippen molar-refractivity contribution in [1.29, 1.82) is 0 Å². The number of furan rings is 1. The van der Waals surface area contributed by atoms with Gasteiger partial charge in [0.05, 0.1) is 23.6 Å². The first-order valence-corrected chi connectivity index (χ1v) is 12.1. The summed E-state index contributed by atoms with van der Waals surface area (Å²) in [7, 11) is -3.60. The number of carbonyl (C=O) groups is 2. The molecule has 2 aliphatic heterocycles. The minimum absolute atomic E-state index is 0.103. The third-order valence-corrected chi connectivity index (χ3v) is 7.71. The van der Waals surface area contributed by atoms with Gasteiger partial charge in [0.15, 0.2) is 0 Å². The number of anilines is 1. The lowest BCUT2D eigenvalue weighted by atomic mass is 10.1. The molecule has 3 heterocycles. The minimum atomic E-state index is -3.60. The first-order chi connectivity index (χ1) is 14.9. The smallest absolute Gasteiger partial charge is 0.243 e. The lowest BCUT2D eigenvalue weighted by Gasteiger charge is -2.20. The molecule has 1 aromatic carbocycles. The van der Waals surface area contributed by atoms with E-state index in [9.17, 15) is 18.0 Å². The third kappa shape index (κ3) is 4.99. The molecule has 0 radical (unpaired) electrons. The second-order valence-corrected chi connectivity index (χ2v) is 10.0. The van der Waals surface area contributed by atoms with Gasteiger partial charge in [-0.1, -0.05) is 18.9 Å². The van der Waals surface area contributed by atoms with E-state index < -0.39 is 15.9 Å². The van der Waals surface area contributed by atoms with Crippen LogP contribution in [0.2, 0.25) is 0 Å². The van der Waals surface area contributed by atoms with E-state index in [0.717, 1.165) is 25.7 Å². The van der Waals surface area contributed by atoms with E-state index in [1.54, 1.807) is 41.5 Å². The third-order valence-electron chi connectivity index (χ3n) is 5.82. The monoisotopic (exact) mass is 445 g/mol. The highest BCUT2D eigenvalue weighted by molar-refractivity contribution is 7.89. The summed E-state index contributed by atoms with van der Waals surface area (Å²) in [6, 6.07) is 9.89. The predicted molar refractivity (Wildman–Crippen MR) is 115 cm³/mol. The minimum Gasteiger partial charge on any atom is -0.467 e. The van der Waals surface area contributed by atoms with Gasteiger partial charge in [-0.2, -0.15) is 4.31 Å². The van der Waals surface area contributed by atoms with Crippen LogP contribution in [-0.2, 0) is 26.2 Å². The van der Waals surface area contributed by atoms with E-state index in [1.165, 1.54) is 10.4 Å². The second kappa shape index (κ2) is 9.23. The molecule has 2 saturated heterocycles. The van der Waals surface area contributed by atoms with Crippen LogP contribution in [0, 0.1) is 5.92 Å². The highest BCUT2D eigenvalue weighted by Gasteiger charge is 2.35. The zero-order valence-corrected chi connectivity index (χ0v) is 18.1. The van der Waals surface area contributed by atoms with Crippen LogP contribution < -0.4 is 5.32 Å². The molecule has 1 unspecified atom stereocenters. The summed E-state index contributed by atoms with van der Waals surface area (Å²) in [5.74, 6) is -0.220. The molecule has 1 N–H and O–H groups in total. The zero-order chi connectivity index (χ0) is 21.8. The first-order valence-electron chi connectivity index (χ1n) is 10.6. The maximum Gasteiger partial charge on any atom is 0.243 e. The molecule has 166 valence electrons. The Morgan fingerprint density at radius 3 is 2.58 bits per heavy atom. The van der Waals surface area contributed by atoms with Crippen molar-refractivity contribution in [3.05, 3.63) is 48.4 Å². The Kier molecular flexibility index (Phi) is 6.43. The lowest BCUT2D eigenvalue weighted by Crippen LogP contribution is -2.32. The number of nitrogens with one attached hydrogen (secondary N) is 1. The van der Waals surface area contributed by atoms with Gasteiger partial charge in [-0.15, -0.1) is 0 Å². The number of benzene rings is 1. The van der Waals surface area contributed by atoms with Crippen LogP contribution in [0.5, 0.6) is 0 Å². The average Bonchev–Trinajstić information content (AvgIpc) is 3.29. The predicted octanol–water partition coefficient (Wildman–Crippen LogP) is 2.83. The fourth-order valence-corrected chi connectivity index (χ4v) is 5.66. The van der Waals surface area contributed by atoms with Gasteiger partial charge in [-0.3, -0.25) is 9.59 Å². The SMILES string of the molecule is O=C(Nc1cccc(S(=O)(=O)N2CCCCCC2)c1)C1CC(=O)N(Cc2ccco2)C1. The van der Waals surface area contributed by atoms with Crippen LogP contribution in [0.4, 0.5) is 5.69 Å². The molecule has 8 nitrogen and oxygen atoms in total. The Morgan fingerprint density at radius 2 is 1.87 bits per heavy atom. The summed E-state index contributed by atoms with van der Waals surface area (Å²) >= 11 is 0. The van der Waals surface area contributed by atoms with Crippen molar-refractivity contribution >= 4 is 27.5 Å². The number of likely N-dealkylation sites (tertiary alicyclic amines) is 1. The standard InChI is InChI=1S/C22H27N3O5S/c26-21-13-17(15-24(21)16-19-8-6-12-30-19)22(27)23-18-7-5-9-20(14-18)31(28,29)25-10-3-1-2-4-11-25/h5-9,12,14,17H,1-4,10-11,13,15-16H2,(H,23,27). The Hall–Kier alpha value is -2.65. The van der Waals surface area contributed by atoms with Crippen molar-refractivity contribution in [2.75, 3.05) is 25.0 Å². The quantitative estimate of drug-likeness (QED) is 0.737. The summed E-state index contributed by atoms with van der Waals surface area (Å²) in [4.78, 5) is 26.8. The Balaban J connectivity index is 1.41. The zero-order valence-electron chi connectivity index (χ0n) is 17.3. The van der Waals surface area contributed by atoms with Crippen LogP contribution in [0.25, 0.3) is 0 Å². The van der Waals surface area contributed by atoms with E-state index >= 15 is 0 Å². The second-order valence-electron chi connectivity index (χ2n) is 8.09. The average molecular weight is 446 g/mol. The molecule has 1 aromatic heterocycles. The number of hydrogen-bond donors (Lipinski definition) is 1. The summed E-state index contributed by atoms with van der Waals surface area (Å²) in [5, 5.41) is 2.79. The molecule has 2 amide bonds. The fraction of sp³-hybridized carbons (Fsp3) is 0.455. The van der Waals surface area contributed by atoms with Gasteiger partial charge in [0.25, 0.3) is 0 Å². The molecule has 0 bridgehead atoms. The lowest BCUT2D eigenvalue weighted by molar-refractivity contribution is -0.128. The highest BCUT2D eigenvalue weighted by Crippen LogP contribution is 2.25. The normalized spacial score (nSPS) is 20.6. The number of rotatable bonds is 6. The Labute approximate surface area is 182 Å². The largest absolute Gasteiger partial charge is 0.467 e. The van der Waals surface area contributed by atoms with Crippen LogP contribution >= 0.6 is 0 Å². The van der Waals surface area contributed by atoms with Crippen LogP contribution in [-0.4, -0.2) is 49.1 Å². The molecular weight excluding hydrogens is 418 g/mol. The topological polar surface area (TPSA) is 99.9 Å². The van der Waals surface area contributed by atoms with Gasteiger partial charge >= 0.3 is 0 Å². The molecule has 1 atom stereocenters. The van der Waals surface area contributed by atoms with Gasteiger partial charge in [-0.05, 0) is 43.2 Å². The molecule has 31 heavy (non-hydrogen) atoms. The van der Waals surface area contributed by atoms with Crippen molar-refractivity contribution in [2.24, 2.45) is 5.92 Å². The van der Waals surface area contributed by atoms with Gasteiger partial charge < -0.3 is 14.6 Å². The van der Waals surface area contributed by atoms with Crippen LogP contribution in [0.3, 0.4) is 0 Å². The molecular formula is C22H27N3O5S. The van der Waals surface area contributed by atoms with Crippen molar-refractivity contribution in [2.45, 2.75) is 43.5 Å². The van der Waals surface area contributed by atoms with Gasteiger partial charge in [0, 0.05) is 31.7 Å². The first kappa shape index (κ1) is 21.6. The molecule has 9 heteroatoms. The molecule has 2 aliphatic rings. The van der Waals surface area contributed by atoms with E-state index in [1.807, 2.05) is 0 Å². The van der Waals surface area contributed by atoms with E-state index in [4.69, 9.17) is 4.42 Å². The van der Waals surface area contributed by atoms with E-state index in [-0.39, 0.29) is 23.1 Å². The number of nitrogens with zero attached hydrogens (tertiary/aromatic N) is 2. The summed E-state index contributed by atoms with van der Waals surface area (Å²) in [6.45, 7) is 1.68.